The highest BCUT2D eigenvalue weighted by Gasteiger charge is 2.39. The third-order valence-corrected chi connectivity index (χ3v) is 5.35. The number of hydrogen-bond acceptors (Lipinski definition) is 5. The zero-order valence-corrected chi connectivity index (χ0v) is 13.8. The summed E-state index contributed by atoms with van der Waals surface area (Å²) in [5.41, 5.74) is 11.2. The second-order valence-electron chi connectivity index (χ2n) is 5.74. The average molecular weight is 324 g/mol. The molecule has 6 nitrogen and oxygen atoms in total. The SMILES string of the molecule is CCc1sc(C(N)=O)nc1C1(NC(=O)CCN)CCCCC1. The quantitative estimate of drug-likeness (QED) is 0.735. The summed E-state index contributed by atoms with van der Waals surface area (Å²) in [5.74, 6) is -0.565. The molecular weight excluding hydrogens is 300 g/mol. The molecule has 2 rings (SSSR count). The van der Waals surface area contributed by atoms with Crippen LogP contribution in [-0.4, -0.2) is 23.3 Å². The van der Waals surface area contributed by atoms with Gasteiger partial charge in [-0.05, 0) is 19.3 Å². The first-order chi connectivity index (χ1) is 10.5. The Labute approximate surface area is 134 Å². The zero-order valence-electron chi connectivity index (χ0n) is 13.0. The van der Waals surface area contributed by atoms with Gasteiger partial charge in [0.1, 0.15) is 0 Å². The Morgan fingerprint density at radius 3 is 2.55 bits per heavy atom. The van der Waals surface area contributed by atoms with Crippen molar-refractivity contribution in [1.29, 1.82) is 0 Å². The largest absolute Gasteiger partial charge is 0.364 e. The van der Waals surface area contributed by atoms with Crippen molar-refractivity contribution in [2.75, 3.05) is 6.54 Å². The highest BCUT2D eigenvalue weighted by atomic mass is 32.1. The maximum atomic E-state index is 12.1. The van der Waals surface area contributed by atoms with Crippen LogP contribution in [-0.2, 0) is 16.8 Å². The van der Waals surface area contributed by atoms with Crippen LogP contribution in [0.4, 0.5) is 0 Å². The second-order valence-corrected chi connectivity index (χ2v) is 6.82. The molecule has 22 heavy (non-hydrogen) atoms. The molecule has 1 fully saturated rings. The highest BCUT2D eigenvalue weighted by Crippen LogP contribution is 2.40. The van der Waals surface area contributed by atoms with Crippen LogP contribution in [0.3, 0.4) is 0 Å². The molecule has 1 aliphatic rings. The van der Waals surface area contributed by atoms with Gasteiger partial charge in [-0.25, -0.2) is 4.98 Å². The number of amides is 2. The second kappa shape index (κ2) is 7.19. The van der Waals surface area contributed by atoms with Crippen molar-refractivity contribution < 1.29 is 9.59 Å². The predicted molar refractivity (Wildman–Crippen MR) is 86.6 cm³/mol. The Morgan fingerprint density at radius 1 is 1.32 bits per heavy atom. The molecule has 0 atom stereocenters. The van der Waals surface area contributed by atoms with Crippen molar-refractivity contribution in [1.82, 2.24) is 10.3 Å². The van der Waals surface area contributed by atoms with E-state index in [0.717, 1.165) is 49.1 Å². The number of aromatic nitrogens is 1. The van der Waals surface area contributed by atoms with Crippen molar-refractivity contribution in [3.8, 4) is 0 Å². The molecule has 2 amide bonds. The first-order valence-corrected chi connectivity index (χ1v) is 8.65. The first-order valence-electron chi connectivity index (χ1n) is 7.83. The van der Waals surface area contributed by atoms with Crippen LogP contribution in [0.15, 0.2) is 0 Å². The summed E-state index contributed by atoms with van der Waals surface area (Å²) in [4.78, 5) is 29.1. The first kappa shape index (κ1) is 16.9. The van der Waals surface area contributed by atoms with Gasteiger partial charge in [-0.15, -0.1) is 11.3 Å². The van der Waals surface area contributed by atoms with Gasteiger partial charge in [0.25, 0.3) is 5.91 Å². The molecule has 122 valence electrons. The van der Waals surface area contributed by atoms with Crippen LogP contribution >= 0.6 is 11.3 Å². The maximum Gasteiger partial charge on any atom is 0.277 e. The van der Waals surface area contributed by atoms with Crippen molar-refractivity contribution in [2.24, 2.45) is 11.5 Å². The molecule has 1 heterocycles. The van der Waals surface area contributed by atoms with E-state index in [1.807, 2.05) is 6.92 Å². The van der Waals surface area contributed by atoms with Crippen LogP contribution < -0.4 is 16.8 Å². The number of nitrogens with one attached hydrogen (secondary N) is 1. The van der Waals surface area contributed by atoms with Gasteiger partial charge in [-0.2, -0.15) is 0 Å². The summed E-state index contributed by atoms with van der Waals surface area (Å²) < 4.78 is 0. The fourth-order valence-electron chi connectivity index (χ4n) is 3.11. The molecule has 0 aromatic carbocycles. The maximum absolute atomic E-state index is 12.1. The number of rotatable bonds is 6. The lowest BCUT2D eigenvalue weighted by molar-refractivity contribution is -0.123. The molecule has 5 N–H and O–H groups in total. The Balaban J connectivity index is 2.40. The lowest BCUT2D eigenvalue weighted by atomic mass is 9.78. The molecule has 1 saturated carbocycles. The smallest absolute Gasteiger partial charge is 0.277 e. The van der Waals surface area contributed by atoms with Crippen LogP contribution in [0.1, 0.15) is 65.8 Å². The molecule has 0 spiro atoms. The van der Waals surface area contributed by atoms with Crippen molar-refractivity contribution in [3.05, 3.63) is 15.6 Å². The lowest BCUT2D eigenvalue weighted by Crippen LogP contribution is -2.48. The van der Waals surface area contributed by atoms with Gasteiger partial charge in [0.15, 0.2) is 5.01 Å². The summed E-state index contributed by atoms with van der Waals surface area (Å²) >= 11 is 1.34. The van der Waals surface area contributed by atoms with E-state index in [1.54, 1.807) is 0 Å². The Hall–Kier alpha value is -1.47. The third-order valence-electron chi connectivity index (χ3n) is 4.14. The molecular formula is C15H24N4O2S. The van der Waals surface area contributed by atoms with Crippen molar-refractivity contribution >= 4 is 23.2 Å². The molecule has 1 aliphatic carbocycles. The number of carbonyl (C=O) groups excluding carboxylic acids is 2. The Kier molecular flexibility index (Phi) is 5.52. The summed E-state index contributed by atoms with van der Waals surface area (Å²) in [6.07, 6.45) is 6.00. The van der Waals surface area contributed by atoms with Crippen LogP contribution in [0.5, 0.6) is 0 Å². The minimum absolute atomic E-state index is 0.0555. The normalized spacial score (nSPS) is 17.2. The molecule has 0 bridgehead atoms. The summed E-state index contributed by atoms with van der Waals surface area (Å²) in [7, 11) is 0. The van der Waals surface area contributed by atoms with Crippen LogP contribution in [0.25, 0.3) is 0 Å². The van der Waals surface area contributed by atoms with Gasteiger partial charge in [0.2, 0.25) is 5.91 Å². The number of primary amides is 1. The van der Waals surface area contributed by atoms with Gasteiger partial charge in [0, 0.05) is 17.8 Å². The molecule has 0 saturated heterocycles. The molecule has 0 radical (unpaired) electrons. The Bertz CT molecular complexity index is 550. The van der Waals surface area contributed by atoms with E-state index in [0.29, 0.717) is 18.0 Å². The van der Waals surface area contributed by atoms with Gasteiger partial charge in [0.05, 0.1) is 11.2 Å². The molecule has 1 aromatic heterocycles. The minimum Gasteiger partial charge on any atom is -0.364 e. The van der Waals surface area contributed by atoms with E-state index in [9.17, 15) is 9.59 Å². The summed E-state index contributed by atoms with van der Waals surface area (Å²) in [5, 5.41) is 3.47. The standard InChI is InChI=1S/C15H24N4O2S/c1-2-10-12(18-14(22-10)13(17)21)15(7-4-3-5-8-15)19-11(20)6-9-16/h2-9,16H2,1H3,(H2,17,21)(H,19,20). The summed E-state index contributed by atoms with van der Waals surface area (Å²) in [6, 6.07) is 0. The number of aryl methyl sites for hydroxylation is 1. The van der Waals surface area contributed by atoms with Gasteiger partial charge in [-0.1, -0.05) is 26.2 Å². The topological polar surface area (TPSA) is 111 Å². The fourth-order valence-corrected chi connectivity index (χ4v) is 4.06. The van der Waals surface area contributed by atoms with E-state index in [2.05, 4.69) is 10.3 Å². The van der Waals surface area contributed by atoms with Gasteiger partial charge in [-0.3, -0.25) is 9.59 Å². The van der Waals surface area contributed by atoms with Gasteiger partial charge < -0.3 is 16.8 Å². The van der Waals surface area contributed by atoms with E-state index in [4.69, 9.17) is 11.5 Å². The third kappa shape index (κ3) is 3.47. The van der Waals surface area contributed by atoms with E-state index in [-0.39, 0.29) is 5.91 Å². The summed E-state index contributed by atoms with van der Waals surface area (Å²) in [6.45, 7) is 2.35. The highest BCUT2D eigenvalue weighted by molar-refractivity contribution is 7.13. The van der Waals surface area contributed by atoms with E-state index in [1.165, 1.54) is 11.3 Å². The fraction of sp³-hybridized carbons (Fsp3) is 0.667. The monoisotopic (exact) mass is 324 g/mol. The van der Waals surface area contributed by atoms with Crippen LogP contribution in [0, 0.1) is 0 Å². The number of hydrogen-bond donors (Lipinski definition) is 3. The molecule has 0 unspecified atom stereocenters. The number of carbonyl (C=O) groups is 2. The average Bonchev–Trinajstić information content (AvgIpc) is 2.93. The Morgan fingerprint density at radius 2 is 2.00 bits per heavy atom. The van der Waals surface area contributed by atoms with Crippen LogP contribution in [0.2, 0.25) is 0 Å². The van der Waals surface area contributed by atoms with Crippen molar-refractivity contribution in [2.45, 2.75) is 57.4 Å². The van der Waals surface area contributed by atoms with Gasteiger partial charge >= 0.3 is 0 Å². The number of nitrogens with zero attached hydrogens (tertiary/aromatic N) is 1. The molecule has 7 heteroatoms. The lowest BCUT2D eigenvalue weighted by Gasteiger charge is -2.37. The molecule has 1 aromatic rings. The zero-order chi connectivity index (χ0) is 16.2. The number of nitrogens with two attached hydrogens (primary N) is 2. The predicted octanol–water partition coefficient (Wildman–Crippen LogP) is 1.43. The van der Waals surface area contributed by atoms with Crippen molar-refractivity contribution in [3.63, 3.8) is 0 Å². The van der Waals surface area contributed by atoms with E-state index < -0.39 is 11.4 Å². The minimum atomic E-state index is -0.509. The van der Waals surface area contributed by atoms with E-state index >= 15 is 0 Å². The number of thiazole rings is 1. The molecule has 0 aliphatic heterocycles.